The summed E-state index contributed by atoms with van der Waals surface area (Å²) in [6, 6.07) is 2.94. The van der Waals surface area contributed by atoms with Crippen LogP contribution in [0.1, 0.15) is 12.0 Å². The van der Waals surface area contributed by atoms with Crippen LogP contribution in [-0.4, -0.2) is 0 Å². The molecule has 0 fully saturated rings. The van der Waals surface area contributed by atoms with Crippen LogP contribution in [0.15, 0.2) is 17.5 Å². The number of anilines is 1. The van der Waals surface area contributed by atoms with Gasteiger partial charge < -0.3 is 5.73 Å². The molecule has 2 rings (SSSR count). The number of benzene rings is 1. The van der Waals surface area contributed by atoms with Gasteiger partial charge in [0.05, 0.1) is 10.7 Å². The van der Waals surface area contributed by atoms with Crippen molar-refractivity contribution in [2.24, 2.45) is 0 Å². The van der Waals surface area contributed by atoms with Crippen LogP contribution >= 0.6 is 22.9 Å². The Morgan fingerprint density at radius 2 is 2.14 bits per heavy atom. The molecule has 1 heterocycles. The molecule has 0 unspecified atom stereocenters. The third-order valence-electron chi connectivity index (χ3n) is 1.99. The van der Waals surface area contributed by atoms with Crippen molar-refractivity contribution >= 4 is 38.7 Å². The molecule has 1 aromatic heterocycles. The van der Waals surface area contributed by atoms with E-state index in [0.717, 1.165) is 0 Å². The molecule has 74 valence electrons. The lowest BCUT2D eigenvalue weighted by Crippen LogP contribution is -1.91. The number of nitrogen functional groups attached to an aromatic ring is 1. The maximum atomic E-state index is 12.6. The average Bonchev–Trinajstić information content (AvgIpc) is 2.59. The summed E-state index contributed by atoms with van der Waals surface area (Å²) in [7, 11) is 0. The maximum absolute atomic E-state index is 12.6. The molecule has 0 saturated carbocycles. The lowest BCUT2D eigenvalue weighted by molar-refractivity contribution is 0.153. The van der Waals surface area contributed by atoms with Crippen molar-refractivity contribution in [3.8, 4) is 0 Å². The molecule has 0 amide bonds. The molecule has 5 heteroatoms. The van der Waals surface area contributed by atoms with E-state index < -0.39 is 6.43 Å². The minimum Gasteiger partial charge on any atom is -0.397 e. The molecule has 0 atom stereocenters. The normalized spacial score (nSPS) is 11.4. The van der Waals surface area contributed by atoms with Gasteiger partial charge in [0, 0.05) is 15.6 Å². The Bertz CT molecular complexity index is 481. The molecule has 2 aromatic rings. The molecule has 1 aromatic carbocycles. The first-order valence-electron chi connectivity index (χ1n) is 3.84. The number of hydrogen-bond donors (Lipinski definition) is 1. The van der Waals surface area contributed by atoms with Gasteiger partial charge >= 0.3 is 0 Å². The number of nitrogens with two attached hydrogens (primary N) is 1. The number of hydrogen-bond acceptors (Lipinski definition) is 2. The van der Waals surface area contributed by atoms with E-state index in [2.05, 4.69) is 0 Å². The van der Waals surface area contributed by atoms with E-state index in [0.29, 0.717) is 15.8 Å². The number of alkyl halides is 2. The number of halogens is 3. The Morgan fingerprint density at radius 3 is 2.79 bits per heavy atom. The summed E-state index contributed by atoms with van der Waals surface area (Å²) >= 11 is 6.99. The standard InChI is InChI=1S/C9H6ClF2NS/c10-6-3-5(9(11)12)8-4(7(6)13)1-2-14-8/h1-3,9H,13H2. The highest BCUT2D eigenvalue weighted by Gasteiger charge is 2.16. The van der Waals surface area contributed by atoms with Crippen molar-refractivity contribution < 1.29 is 8.78 Å². The van der Waals surface area contributed by atoms with Gasteiger partial charge in [0.25, 0.3) is 6.43 Å². The topological polar surface area (TPSA) is 26.0 Å². The molecule has 0 spiro atoms. The Morgan fingerprint density at radius 1 is 1.43 bits per heavy atom. The predicted octanol–water partition coefficient (Wildman–Crippen LogP) is 4.07. The second-order valence-corrected chi connectivity index (χ2v) is 4.15. The van der Waals surface area contributed by atoms with Gasteiger partial charge in [-0.1, -0.05) is 11.6 Å². The molecule has 14 heavy (non-hydrogen) atoms. The summed E-state index contributed by atoms with van der Waals surface area (Å²) in [6.07, 6.45) is -2.52. The molecule has 2 N–H and O–H groups in total. The molecule has 0 aliphatic carbocycles. The fraction of sp³-hybridized carbons (Fsp3) is 0.111. The van der Waals surface area contributed by atoms with Gasteiger partial charge in [0.15, 0.2) is 0 Å². The smallest absolute Gasteiger partial charge is 0.265 e. The van der Waals surface area contributed by atoms with Gasteiger partial charge in [-0.3, -0.25) is 0 Å². The molecule has 0 saturated heterocycles. The number of thiophene rings is 1. The van der Waals surface area contributed by atoms with Crippen LogP contribution in [0.4, 0.5) is 14.5 Å². The second-order valence-electron chi connectivity index (χ2n) is 2.83. The maximum Gasteiger partial charge on any atom is 0.265 e. The van der Waals surface area contributed by atoms with Crippen molar-refractivity contribution in [1.29, 1.82) is 0 Å². The van der Waals surface area contributed by atoms with E-state index >= 15 is 0 Å². The highest BCUT2D eigenvalue weighted by molar-refractivity contribution is 7.17. The molecule has 0 aliphatic heterocycles. The third-order valence-corrected chi connectivity index (χ3v) is 3.27. The average molecular weight is 234 g/mol. The first kappa shape index (κ1) is 9.68. The van der Waals surface area contributed by atoms with Crippen LogP contribution in [-0.2, 0) is 0 Å². The van der Waals surface area contributed by atoms with Crippen LogP contribution in [0.2, 0.25) is 5.02 Å². The van der Waals surface area contributed by atoms with Crippen LogP contribution in [0, 0.1) is 0 Å². The van der Waals surface area contributed by atoms with Crippen molar-refractivity contribution in [1.82, 2.24) is 0 Å². The Labute approximate surface area is 88.1 Å². The summed E-state index contributed by atoms with van der Waals surface area (Å²) in [6.45, 7) is 0. The number of fused-ring (bicyclic) bond motifs is 1. The molecule has 0 bridgehead atoms. The first-order chi connectivity index (χ1) is 6.61. The second kappa shape index (κ2) is 3.37. The van der Waals surface area contributed by atoms with Crippen LogP contribution < -0.4 is 5.73 Å². The Kier molecular flexibility index (Phi) is 2.33. The monoisotopic (exact) mass is 233 g/mol. The quantitative estimate of drug-likeness (QED) is 0.738. The van der Waals surface area contributed by atoms with Crippen molar-refractivity contribution in [3.63, 3.8) is 0 Å². The van der Waals surface area contributed by atoms with Gasteiger partial charge in [0.1, 0.15) is 0 Å². The lowest BCUT2D eigenvalue weighted by atomic mass is 10.1. The number of rotatable bonds is 1. The summed E-state index contributed by atoms with van der Waals surface area (Å²) in [5.74, 6) is 0. The Hall–Kier alpha value is -0.870. The van der Waals surface area contributed by atoms with E-state index in [4.69, 9.17) is 17.3 Å². The van der Waals surface area contributed by atoms with Gasteiger partial charge in [0.2, 0.25) is 0 Å². The zero-order chi connectivity index (χ0) is 10.3. The molecular weight excluding hydrogens is 228 g/mol. The largest absolute Gasteiger partial charge is 0.397 e. The SMILES string of the molecule is Nc1c(Cl)cc(C(F)F)c2sccc12. The van der Waals surface area contributed by atoms with Gasteiger partial charge in [-0.25, -0.2) is 8.78 Å². The minimum absolute atomic E-state index is 0.0470. The zero-order valence-corrected chi connectivity index (χ0v) is 8.50. The first-order valence-corrected chi connectivity index (χ1v) is 5.10. The van der Waals surface area contributed by atoms with Crippen LogP contribution in [0.3, 0.4) is 0 Å². The summed E-state index contributed by atoms with van der Waals surface area (Å²) in [5, 5.41) is 2.52. The van der Waals surface area contributed by atoms with Crippen molar-refractivity contribution in [2.45, 2.75) is 6.43 Å². The van der Waals surface area contributed by atoms with Gasteiger partial charge in [-0.15, -0.1) is 11.3 Å². The van der Waals surface area contributed by atoms with Gasteiger partial charge in [-0.05, 0) is 17.5 Å². The third kappa shape index (κ3) is 1.35. The lowest BCUT2D eigenvalue weighted by Gasteiger charge is -2.05. The predicted molar refractivity (Wildman–Crippen MR) is 56.2 cm³/mol. The summed E-state index contributed by atoms with van der Waals surface area (Å²) in [4.78, 5) is 0. The van der Waals surface area contributed by atoms with Gasteiger partial charge in [-0.2, -0.15) is 0 Å². The highest BCUT2D eigenvalue weighted by Crippen LogP contribution is 2.38. The molecular formula is C9H6ClF2NS. The highest BCUT2D eigenvalue weighted by atomic mass is 35.5. The Balaban J connectivity index is 2.84. The van der Waals surface area contributed by atoms with Crippen molar-refractivity contribution in [2.75, 3.05) is 5.73 Å². The summed E-state index contributed by atoms with van der Waals surface area (Å²) in [5.41, 5.74) is 5.98. The summed E-state index contributed by atoms with van der Waals surface area (Å²) < 4.78 is 25.7. The fourth-order valence-corrected chi connectivity index (χ4v) is 2.46. The van der Waals surface area contributed by atoms with E-state index in [-0.39, 0.29) is 10.6 Å². The van der Waals surface area contributed by atoms with Crippen LogP contribution in [0.5, 0.6) is 0 Å². The van der Waals surface area contributed by atoms with E-state index in [9.17, 15) is 8.78 Å². The fourth-order valence-electron chi connectivity index (χ4n) is 1.32. The van der Waals surface area contributed by atoms with E-state index in [1.165, 1.54) is 17.4 Å². The van der Waals surface area contributed by atoms with Crippen LogP contribution in [0.25, 0.3) is 10.1 Å². The minimum atomic E-state index is -2.52. The molecule has 0 radical (unpaired) electrons. The van der Waals surface area contributed by atoms with E-state index in [1.54, 1.807) is 11.4 Å². The zero-order valence-electron chi connectivity index (χ0n) is 6.93. The van der Waals surface area contributed by atoms with E-state index in [1.807, 2.05) is 0 Å². The van der Waals surface area contributed by atoms with Crippen molar-refractivity contribution in [3.05, 3.63) is 28.1 Å². The molecule has 1 nitrogen and oxygen atoms in total. The molecule has 0 aliphatic rings.